The van der Waals surface area contributed by atoms with E-state index in [-0.39, 0.29) is 5.91 Å². The molecule has 0 aromatic heterocycles. The van der Waals surface area contributed by atoms with Gasteiger partial charge in [-0.25, -0.2) is 0 Å². The van der Waals surface area contributed by atoms with Crippen LogP contribution in [0.15, 0.2) is 28.7 Å². The minimum absolute atomic E-state index is 0.168. The van der Waals surface area contributed by atoms with Crippen LogP contribution in [0, 0.1) is 0 Å². The second-order valence-electron chi connectivity index (χ2n) is 4.24. The third-order valence-electron chi connectivity index (χ3n) is 2.63. The Kier molecular flexibility index (Phi) is 6.80. The average Bonchev–Trinajstić information content (AvgIpc) is 2.37. The Morgan fingerprint density at radius 3 is 2.22 bits per heavy atom. The van der Waals surface area contributed by atoms with Crippen LogP contribution in [-0.2, 0) is 4.79 Å². The lowest BCUT2D eigenvalue weighted by Crippen LogP contribution is -2.36. The van der Waals surface area contributed by atoms with Crippen LogP contribution in [0.2, 0.25) is 0 Å². The van der Waals surface area contributed by atoms with Crippen molar-refractivity contribution >= 4 is 27.5 Å². The molecule has 1 amide bonds. The lowest BCUT2D eigenvalue weighted by molar-refractivity contribution is -0.129. The minimum Gasteiger partial charge on any atom is -0.376 e. The largest absolute Gasteiger partial charge is 0.376 e. The summed E-state index contributed by atoms with van der Waals surface area (Å²) in [6.45, 7) is 6.24. The van der Waals surface area contributed by atoms with Crippen molar-refractivity contribution in [2.45, 2.75) is 26.7 Å². The normalized spacial score (nSPS) is 10.2. The van der Waals surface area contributed by atoms with Crippen LogP contribution in [0.1, 0.15) is 26.7 Å². The number of carbonyl (C=O) groups excluding carboxylic acids is 1. The van der Waals surface area contributed by atoms with Gasteiger partial charge >= 0.3 is 0 Å². The van der Waals surface area contributed by atoms with Gasteiger partial charge in [-0.05, 0) is 37.1 Å². The first-order chi connectivity index (χ1) is 8.67. The van der Waals surface area contributed by atoms with Crippen molar-refractivity contribution < 1.29 is 4.79 Å². The summed E-state index contributed by atoms with van der Waals surface area (Å²) >= 11 is 3.39. The van der Waals surface area contributed by atoms with E-state index < -0.39 is 0 Å². The fourth-order valence-corrected chi connectivity index (χ4v) is 2.02. The average molecular weight is 313 g/mol. The highest BCUT2D eigenvalue weighted by Crippen LogP contribution is 2.13. The molecule has 0 fully saturated rings. The van der Waals surface area contributed by atoms with Crippen molar-refractivity contribution in [2.75, 3.05) is 25.0 Å². The molecule has 0 bridgehead atoms. The van der Waals surface area contributed by atoms with Crippen LogP contribution in [0.4, 0.5) is 5.69 Å². The van der Waals surface area contributed by atoms with Crippen molar-refractivity contribution in [3.8, 4) is 0 Å². The van der Waals surface area contributed by atoms with E-state index in [9.17, 15) is 4.79 Å². The topological polar surface area (TPSA) is 32.3 Å². The zero-order valence-corrected chi connectivity index (χ0v) is 12.7. The van der Waals surface area contributed by atoms with Crippen LogP contribution in [0.3, 0.4) is 0 Å². The fraction of sp³-hybridized carbons (Fsp3) is 0.500. The molecule has 18 heavy (non-hydrogen) atoms. The summed E-state index contributed by atoms with van der Waals surface area (Å²) in [7, 11) is 0. The molecule has 0 spiro atoms. The third kappa shape index (κ3) is 5.08. The zero-order valence-electron chi connectivity index (χ0n) is 11.1. The van der Waals surface area contributed by atoms with Gasteiger partial charge < -0.3 is 10.2 Å². The molecule has 0 heterocycles. The Morgan fingerprint density at radius 2 is 1.72 bits per heavy atom. The molecule has 0 saturated heterocycles. The summed E-state index contributed by atoms with van der Waals surface area (Å²) in [5.74, 6) is 0.168. The van der Waals surface area contributed by atoms with Gasteiger partial charge in [0.25, 0.3) is 0 Å². The first kappa shape index (κ1) is 15.0. The summed E-state index contributed by atoms with van der Waals surface area (Å²) in [6, 6.07) is 7.84. The van der Waals surface area contributed by atoms with Crippen molar-refractivity contribution in [3.05, 3.63) is 28.7 Å². The monoisotopic (exact) mass is 312 g/mol. The number of nitrogens with zero attached hydrogens (tertiary/aromatic N) is 1. The molecule has 0 aliphatic heterocycles. The smallest absolute Gasteiger partial charge is 0.241 e. The Bertz CT molecular complexity index is 359. The van der Waals surface area contributed by atoms with Crippen molar-refractivity contribution in [2.24, 2.45) is 0 Å². The second kappa shape index (κ2) is 8.14. The zero-order chi connectivity index (χ0) is 13.4. The minimum atomic E-state index is 0.168. The number of hydrogen-bond donors (Lipinski definition) is 1. The van der Waals surface area contributed by atoms with E-state index in [1.165, 1.54) is 0 Å². The molecule has 0 unspecified atom stereocenters. The number of nitrogens with one attached hydrogen (secondary N) is 1. The molecule has 0 radical (unpaired) electrons. The Hall–Kier alpha value is -1.03. The van der Waals surface area contributed by atoms with E-state index in [0.717, 1.165) is 36.1 Å². The SMILES string of the molecule is CCCN(CCC)C(=O)CNc1ccc(Br)cc1. The summed E-state index contributed by atoms with van der Waals surface area (Å²) in [4.78, 5) is 13.9. The van der Waals surface area contributed by atoms with Gasteiger partial charge in [0, 0.05) is 23.2 Å². The highest BCUT2D eigenvalue weighted by Gasteiger charge is 2.10. The van der Waals surface area contributed by atoms with Crippen LogP contribution in [0.5, 0.6) is 0 Å². The summed E-state index contributed by atoms with van der Waals surface area (Å²) < 4.78 is 1.04. The van der Waals surface area contributed by atoms with E-state index in [4.69, 9.17) is 0 Å². The lowest BCUT2D eigenvalue weighted by atomic mass is 10.3. The molecular formula is C14H21BrN2O. The Morgan fingerprint density at radius 1 is 1.17 bits per heavy atom. The molecule has 0 atom stereocenters. The number of halogens is 1. The quantitative estimate of drug-likeness (QED) is 0.835. The van der Waals surface area contributed by atoms with Gasteiger partial charge in [0.15, 0.2) is 0 Å². The van der Waals surface area contributed by atoms with Gasteiger partial charge in [-0.2, -0.15) is 0 Å². The molecule has 1 aromatic carbocycles. The molecule has 0 aliphatic rings. The van der Waals surface area contributed by atoms with Crippen molar-refractivity contribution in [3.63, 3.8) is 0 Å². The van der Waals surface area contributed by atoms with E-state index in [0.29, 0.717) is 6.54 Å². The third-order valence-corrected chi connectivity index (χ3v) is 3.16. The molecule has 3 nitrogen and oxygen atoms in total. The van der Waals surface area contributed by atoms with E-state index >= 15 is 0 Å². The lowest BCUT2D eigenvalue weighted by Gasteiger charge is -2.21. The number of hydrogen-bond acceptors (Lipinski definition) is 2. The maximum Gasteiger partial charge on any atom is 0.241 e. The summed E-state index contributed by atoms with van der Waals surface area (Å²) in [5, 5.41) is 3.16. The van der Waals surface area contributed by atoms with Crippen LogP contribution in [-0.4, -0.2) is 30.4 Å². The highest BCUT2D eigenvalue weighted by atomic mass is 79.9. The standard InChI is InChI=1S/C14H21BrN2O/c1-3-9-17(10-4-2)14(18)11-16-13-7-5-12(15)6-8-13/h5-8,16H,3-4,9-11H2,1-2H3. The number of amides is 1. The van der Waals surface area contributed by atoms with Gasteiger partial charge in [0.1, 0.15) is 0 Å². The molecule has 0 aliphatic carbocycles. The predicted molar refractivity (Wildman–Crippen MR) is 79.8 cm³/mol. The van der Waals surface area contributed by atoms with E-state index in [1.54, 1.807) is 0 Å². The Balaban J connectivity index is 2.45. The highest BCUT2D eigenvalue weighted by molar-refractivity contribution is 9.10. The number of rotatable bonds is 7. The molecule has 1 aromatic rings. The van der Waals surface area contributed by atoms with Gasteiger partial charge in [0.05, 0.1) is 6.54 Å². The van der Waals surface area contributed by atoms with Crippen LogP contribution in [0.25, 0.3) is 0 Å². The van der Waals surface area contributed by atoms with Crippen LogP contribution >= 0.6 is 15.9 Å². The van der Waals surface area contributed by atoms with Crippen molar-refractivity contribution in [1.29, 1.82) is 0 Å². The van der Waals surface area contributed by atoms with Gasteiger partial charge in [0.2, 0.25) is 5.91 Å². The molecule has 1 N–H and O–H groups in total. The number of anilines is 1. The van der Waals surface area contributed by atoms with Gasteiger partial charge in [-0.3, -0.25) is 4.79 Å². The fourth-order valence-electron chi connectivity index (χ4n) is 1.76. The second-order valence-corrected chi connectivity index (χ2v) is 5.16. The molecule has 4 heteroatoms. The van der Waals surface area contributed by atoms with E-state index in [1.807, 2.05) is 29.2 Å². The first-order valence-electron chi connectivity index (χ1n) is 6.44. The Labute approximate surface area is 118 Å². The molecule has 1 rings (SSSR count). The first-order valence-corrected chi connectivity index (χ1v) is 7.23. The molecule has 0 saturated carbocycles. The molecule has 100 valence electrons. The number of benzene rings is 1. The predicted octanol–water partition coefficient (Wildman–Crippen LogP) is 3.51. The van der Waals surface area contributed by atoms with Gasteiger partial charge in [-0.15, -0.1) is 0 Å². The maximum absolute atomic E-state index is 12.0. The summed E-state index contributed by atoms with van der Waals surface area (Å²) in [6.07, 6.45) is 2.01. The summed E-state index contributed by atoms with van der Waals surface area (Å²) in [5.41, 5.74) is 0.972. The van der Waals surface area contributed by atoms with E-state index in [2.05, 4.69) is 35.1 Å². The van der Waals surface area contributed by atoms with Crippen molar-refractivity contribution in [1.82, 2.24) is 4.90 Å². The maximum atomic E-state index is 12.0. The van der Waals surface area contributed by atoms with Gasteiger partial charge in [-0.1, -0.05) is 29.8 Å². The number of carbonyl (C=O) groups is 1. The van der Waals surface area contributed by atoms with Crippen LogP contribution < -0.4 is 5.32 Å². The molecular weight excluding hydrogens is 292 g/mol.